The molecule has 1 amide bonds. The van der Waals surface area contributed by atoms with Gasteiger partial charge in [-0.3, -0.25) is 4.79 Å². The molecule has 38 heavy (non-hydrogen) atoms. The minimum atomic E-state index is -7.08. The highest BCUT2D eigenvalue weighted by Gasteiger charge is 2.81. The zero-order valence-electron chi connectivity index (χ0n) is 17.9. The topological polar surface area (TPSA) is 65.3 Å². The fourth-order valence-electron chi connectivity index (χ4n) is 3.32. The van der Waals surface area contributed by atoms with Gasteiger partial charge >= 0.3 is 30.6 Å². The molecule has 1 heterocycles. The average Bonchev–Trinajstić information content (AvgIpc) is 2.78. The maximum atomic E-state index is 14.9. The highest BCUT2D eigenvalue weighted by Crippen LogP contribution is 2.59. The Morgan fingerprint density at radius 2 is 1.58 bits per heavy atom. The first-order chi connectivity index (χ1) is 17.3. The molecule has 1 aromatic heterocycles. The number of carbonyl (C=O) groups is 1. The number of alkyl halides is 11. The Hall–Kier alpha value is -3.37. The molecule has 3 rings (SSSR count). The molecule has 0 saturated carbocycles. The number of halogens is 12. The highest BCUT2D eigenvalue weighted by molar-refractivity contribution is 9.10. The zero-order valence-corrected chi connectivity index (χ0v) is 19.5. The summed E-state index contributed by atoms with van der Waals surface area (Å²) in [6, 6.07) is 5.69. The molecule has 1 unspecified atom stereocenters. The number of anilines is 1. The Balaban J connectivity index is 2.16. The average molecular weight is 627 g/mol. The van der Waals surface area contributed by atoms with Crippen LogP contribution in [-0.2, 0) is 5.67 Å². The van der Waals surface area contributed by atoms with Crippen molar-refractivity contribution in [1.82, 2.24) is 0 Å². The van der Waals surface area contributed by atoms with Gasteiger partial charge in [0.2, 0.25) is 5.52 Å². The number of nitrogens with zero attached hydrogens (tertiary/aromatic N) is 1. The molecule has 0 fully saturated rings. The third kappa shape index (κ3) is 5.02. The molecule has 1 atom stereocenters. The predicted molar refractivity (Wildman–Crippen MR) is 111 cm³/mol. The summed E-state index contributed by atoms with van der Waals surface area (Å²) in [5.74, 6) is -9.86. The first kappa shape index (κ1) is 29.2. The lowest BCUT2D eigenvalue weighted by Crippen LogP contribution is -2.59. The Bertz CT molecular complexity index is 1380. The van der Waals surface area contributed by atoms with Gasteiger partial charge in [0, 0.05) is 33.1 Å². The van der Waals surface area contributed by atoms with Gasteiger partial charge in [-0.05, 0) is 46.3 Å². The van der Waals surface area contributed by atoms with E-state index in [2.05, 4.69) is 20.7 Å². The Morgan fingerprint density at radius 1 is 0.947 bits per heavy atom. The van der Waals surface area contributed by atoms with Crippen molar-refractivity contribution >= 4 is 38.4 Å². The standard InChI is InChI=1S/C21H10BrF11N2O3/c22-12-7-11(18(25,20(28,29)30)19(26,27)21(31,32)33)8-14(38-17(23)24)15(12)34-16(36)10-4-3-9-2-1-5-35(37)13(9)6-10/h1-8,17H,(H,34,36). The van der Waals surface area contributed by atoms with Crippen LogP contribution >= 0.6 is 15.9 Å². The summed E-state index contributed by atoms with van der Waals surface area (Å²) in [7, 11) is 0. The van der Waals surface area contributed by atoms with E-state index in [-0.39, 0.29) is 17.1 Å². The van der Waals surface area contributed by atoms with Crippen molar-refractivity contribution in [3.05, 3.63) is 69.5 Å². The molecule has 0 aliphatic carbocycles. The number of pyridine rings is 1. The first-order valence-corrected chi connectivity index (χ1v) is 10.5. The smallest absolute Gasteiger partial charge is 0.457 e. The Morgan fingerprint density at radius 3 is 2.13 bits per heavy atom. The molecule has 0 saturated heterocycles. The molecular formula is C21H10BrF11N2O3. The van der Waals surface area contributed by atoms with Crippen LogP contribution in [0.25, 0.3) is 10.9 Å². The van der Waals surface area contributed by atoms with Crippen molar-refractivity contribution < 1.29 is 62.6 Å². The molecule has 0 aliphatic heterocycles. The van der Waals surface area contributed by atoms with Gasteiger partial charge in [-0.1, -0.05) is 0 Å². The maximum absolute atomic E-state index is 14.9. The first-order valence-electron chi connectivity index (χ1n) is 9.73. The van der Waals surface area contributed by atoms with E-state index in [4.69, 9.17) is 0 Å². The monoisotopic (exact) mass is 626 g/mol. The summed E-state index contributed by atoms with van der Waals surface area (Å²) in [5, 5.41) is 14.2. The Labute approximate surface area is 212 Å². The van der Waals surface area contributed by atoms with Gasteiger partial charge in [0.25, 0.3) is 5.91 Å². The summed E-state index contributed by atoms with van der Waals surface area (Å²) < 4.78 is 150. The van der Waals surface area contributed by atoms with E-state index in [1.807, 2.05) is 5.32 Å². The van der Waals surface area contributed by atoms with E-state index in [9.17, 15) is 58.3 Å². The fourth-order valence-corrected chi connectivity index (χ4v) is 3.86. The molecule has 0 bridgehead atoms. The van der Waals surface area contributed by atoms with E-state index in [0.29, 0.717) is 10.1 Å². The SMILES string of the molecule is O=C(Nc1c(Br)cc(C(F)(C(F)(F)F)C(F)(F)C(F)(F)F)cc1OC(F)F)c1ccc2ccc[n+]([O-])c2c1. The second kappa shape index (κ2) is 9.74. The van der Waals surface area contributed by atoms with Crippen LogP contribution in [0.1, 0.15) is 15.9 Å². The van der Waals surface area contributed by atoms with Crippen LogP contribution in [0.2, 0.25) is 0 Å². The number of nitrogens with one attached hydrogen (secondary N) is 1. The molecule has 5 nitrogen and oxygen atoms in total. The number of amides is 1. The van der Waals surface area contributed by atoms with Gasteiger partial charge in [-0.2, -0.15) is 48.6 Å². The third-order valence-electron chi connectivity index (χ3n) is 5.11. The van der Waals surface area contributed by atoms with Crippen molar-refractivity contribution in [2.45, 2.75) is 30.6 Å². The highest BCUT2D eigenvalue weighted by atomic mass is 79.9. The lowest BCUT2D eigenvalue weighted by Gasteiger charge is -2.36. The summed E-state index contributed by atoms with van der Waals surface area (Å²) in [4.78, 5) is 12.7. The van der Waals surface area contributed by atoms with E-state index in [1.54, 1.807) is 0 Å². The van der Waals surface area contributed by atoms with Crippen molar-refractivity contribution in [3.63, 3.8) is 0 Å². The predicted octanol–water partition coefficient (Wildman–Crippen LogP) is 7.01. The molecule has 2 aromatic carbocycles. The van der Waals surface area contributed by atoms with Gasteiger partial charge in [0.15, 0.2) is 11.9 Å². The second-order valence-corrected chi connectivity index (χ2v) is 8.35. The number of ether oxygens (including phenoxy) is 1. The number of carbonyl (C=O) groups excluding carboxylic acids is 1. The second-order valence-electron chi connectivity index (χ2n) is 7.50. The molecule has 0 spiro atoms. The van der Waals surface area contributed by atoms with Crippen LogP contribution < -0.4 is 14.8 Å². The van der Waals surface area contributed by atoms with Crippen LogP contribution in [0, 0.1) is 5.21 Å². The number of hydrogen-bond donors (Lipinski definition) is 1. The summed E-state index contributed by atoms with van der Waals surface area (Å²) in [5.41, 5.74) is -10.2. The van der Waals surface area contributed by atoms with Gasteiger partial charge in [0.05, 0.1) is 5.69 Å². The zero-order chi connectivity index (χ0) is 28.8. The number of fused-ring (bicyclic) bond motifs is 1. The molecular weight excluding hydrogens is 617 g/mol. The number of benzene rings is 2. The maximum Gasteiger partial charge on any atom is 0.457 e. The van der Waals surface area contributed by atoms with Crippen LogP contribution in [0.4, 0.5) is 54.0 Å². The number of hydrogen-bond acceptors (Lipinski definition) is 3. The molecule has 0 radical (unpaired) electrons. The summed E-state index contributed by atoms with van der Waals surface area (Å²) in [6.45, 7) is -3.91. The Kier molecular flexibility index (Phi) is 7.48. The largest absolute Gasteiger partial charge is 0.618 e. The number of aromatic nitrogens is 1. The van der Waals surface area contributed by atoms with Crippen LogP contribution in [-0.4, -0.2) is 30.8 Å². The van der Waals surface area contributed by atoms with Crippen LogP contribution in [0.15, 0.2) is 53.1 Å². The molecule has 17 heteroatoms. The van der Waals surface area contributed by atoms with Crippen molar-refractivity contribution in [3.8, 4) is 5.75 Å². The molecule has 206 valence electrons. The van der Waals surface area contributed by atoms with Gasteiger partial charge in [-0.25, -0.2) is 4.39 Å². The summed E-state index contributed by atoms with van der Waals surface area (Å²) in [6.07, 6.45) is -12.9. The minimum absolute atomic E-state index is 0.0413. The van der Waals surface area contributed by atoms with Crippen molar-refractivity contribution in [2.75, 3.05) is 5.32 Å². The van der Waals surface area contributed by atoms with Crippen molar-refractivity contribution in [2.24, 2.45) is 0 Å². The van der Waals surface area contributed by atoms with E-state index in [1.165, 1.54) is 18.2 Å². The molecule has 0 aliphatic rings. The molecule has 3 aromatic rings. The quantitative estimate of drug-likeness (QED) is 0.182. The van der Waals surface area contributed by atoms with Gasteiger partial charge in [-0.15, -0.1) is 0 Å². The minimum Gasteiger partial charge on any atom is -0.618 e. The fraction of sp³-hybridized carbons (Fsp3) is 0.238. The van der Waals surface area contributed by atoms with E-state index >= 15 is 0 Å². The third-order valence-corrected chi connectivity index (χ3v) is 5.74. The van der Waals surface area contributed by atoms with Gasteiger partial charge < -0.3 is 15.3 Å². The molecule has 1 N–H and O–H groups in total. The van der Waals surface area contributed by atoms with E-state index < -0.39 is 64.0 Å². The summed E-state index contributed by atoms with van der Waals surface area (Å²) >= 11 is 2.46. The van der Waals surface area contributed by atoms with E-state index in [0.717, 1.165) is 18.3 Å². The van der Waals surface area contributed by atoms with Crippen LogP contribution in [0.5, 0.6) is 5.75 Å². The van der Waals surface area contributed by atoms with Crippen LogP contribution in [0.3, 0.4) is 0 Å². The number of rotatable bonds is 6. The normalized spacial score (nSPS) is 14.4. The lowest BCUT2D eigenvalue weighted by atomic mass is 9.87. The lowest BCUT2D eigenvalue weighted by molar-refractivity contribution is -0.577. The van der Waals surface area contributed by atoms with Gasteiger partial charge in [0.1, 0.15) is 0 Å². The van der Waals surface area contributed by atoms with Crippen molar-refractivity contribution in [1.29, 1.82) is 0 Å².